The molecule has 0 fully saturated rings. The zero-order chi connectivity index (χ0) is 18.6. The smallest absolute Gasteiger partial charge is 0.325 e. The van der Waals surface area contributed by atoms with Crippen LogP contribution in [0.2, 0.25) is 0 Å². The molecule has 0 aromatic heterocycles. The molecule has 2 rings (SSSR count). The highest BCUT2D eigenvalue weighted by Crippen LogP contribution is 2.11. The summed E-state index contributed by atoms with van der Waals surface area (Å²) in [6.45, 7) is 4.93. The van der Waals surface area contributed by atoms with Gasteiger partial charge in [0.1, 0.15) is 18.4 Å². The van der Waals surface area contributed by atoms with Crippen molar-refractivity contribution in [3.63, 3.8) is 0 Å². The first kappa shape index (κ1) is 19.7. The Morgan fingerprint density at radius 2 is 1.85 bits per heavy atom. The molecule has 0 saturated heterocycles. The molecular formula is C21H25NO4. The predicted molar refractivity (Wildman–Crippen MR) is 101 cm³/mol. The maximum atomic E-state index is 12.2. The summed E-state index contributed by atoms with van der Waals surface area (Å²) < 4.78 is 16.0. The lowest BCUT2D eigenvalue weighted by atomic mass is 10.2. The molecule has 5 heteroatoms. The van der Waals surface area contributed by atoms with Gasteiger partial charge in [0, 0.05) is 6.54 Å². The summed E-state index contributed by atoms with van der Waals surface area (Å²) in [5.74, 6) is 0.438. The Balaban J connectivity index is 1.89. The monoisotopic (exact) mass is 355 g/mol. The van der Waals surface area contributed by atoms with Gasteiger partial charge in [0.15, 0.2) is 0 Å². The highest BCUT2D eigenvalue weighted by molar-refractivity contribution is 5.76. The normalized spacial score (nSPS) is 11.6. The number of nitrogens with one attached hydrogen (secondary N) is 1. The molecule has 2 aromatic rings. The van der Waals surface area contributed by atoms with E-state index >= 15 is 0 Å². The molecular weight excluding hydrogens is 330 g/mol. The number of methoxy groups -OCH3 is 1. The molecule has 0 aliphatic rings. The summed E-state index contributed by atoms with van der Waals surface area (Å²) in [6, 6.07) is 16.9. The van der Waals surface area contributed by atoms with Crippen LogP contribution in [0.3, 0.4) is 0 Å². The van der Waals surface area contributed by atoms with Crippen LogP contribution in [0.4, 0.5) is 0 Å². The summed E-state index contributed by atoms with van der Waals surface area (Å²) in [6.07, 6.45) is 1.54. The topological polar surface area (TPSA) is 56.8 Å². The van der Waals surface area contributed by atoms with Crippen LogP contribution in [0, 0.1) is 0 Å². The van der Waals surface area contributed by atoms with Crippen LogP contribution in [0.5, 0.6) is 5.75 Å². The van der Waals surface area contributed by atoms with Crippen molar-refractivity contribution in [2.45, 2.75) is 19.2 Å². The van der Waals surface area contributed by atoms with E-state index in [1.54, 1.807) is 13.2 Å². The number of esters is 1. The second-order valence-corrected chi connectivity index (χ2v) is 5.70. The zero-order valence-electron chi connectivity index (χ0n) is 15.0. The first-order chi connectivity index (χ1) is 12.7. The highest BCUT2D eigenvalue weighted by atomic mass is 16.5. The average molecular weight is 355 g/mol. The van der Waals surface area contributed by atoms with Crippen LogP contribution in [-0.2, 0) is 27.4 Å². The van der Waals surface area contributed by atoms with Crippen molar-refractivity contribution in [3.8, 4) is 5.75 Å². The lowest BCUT2D eigenvalue weighted by molar-refractivity contribution is -0.146. The number of carbonyl (C=O) groups excluding carboxylic acids is 1. The fourth-order valence-corrected chi connectivity index (χ4v) is 2.31. The maximum Gasteiger partial charge on any atom is 0.325 e. The van der Waals surface area contributed by atoms with Crippen LogP contribution in [-0.4, -0.2) is 32.3 Å². The predicted octanol–water partition coefficient (Wildman–Crippen LogP) is 3.10. The van der Waals surface area contributed by atoms with Crippen LogP contribution in [0.15, 0.2) is 67.3 Å². The Bertz CT molecular complexity index is 670. The molecule has 0 aliphatic carbocycles. The van der Waals surface area contributed by atoms with E-state index in [0.717, 1.165) is 16.9 Å². The first-order valence-corrected chi connectivity index (χ1v) is 8.48. The summed E-state index contributed by atoms with van der Waals surface area (Å²) in [7, 11) is 1.63. The fourth-order valence-electron chi connectivity index (χ4n) is 2.31. The molecule has 138 valence electrons. The van der Waals surface area contributed by atoms with Gasteiger partial charge in [-0.1, -0.05) is 55.1 Å². The van der Waals surface area contributed by atoms with Gasteiger partial charge in [-0.15, -0.1) is 0 Å². The first-order valence-electron chi connectivity index (χ1n) is 8.48. The van der Waals surface area contributed by atoms with E-state index in [1.807, 2.05) is 54.6 Å². The summed E-state index contributed by atoms with van der Waals surface area (Å²) in [4.78, 5) is 12.2. The second-order valence-electron chi connectivity index (χ2n) is 5.70. The van der Waals surface area contributed by atoms with Gasteiger partial charge in [-0.25, -0.2) is 0 Å². The number of carbonyl (C=O) groups is 1. The van der Waals surface area contributed by atoms with Crippen molar-refractivity contribution < 1.29 is 19.0 Å². The Morgan fingerprint density at radius 1 is 1.12 bits per heavy atom. The zero-order valence-corrected chi connectivity index (χ0v) is 15.0. The van der Waals surface area contributed by atoms with Gasteiger partial charge in [0.25, 0.3) is 0 Å². The van der Waals surface area contributed by atoms with Crippen molar-refractivity contribution in [1.29, 1.82) is 0 Å². The summed E-state index contributed by atoms with van der Waals surface area (Å²) in [5.41, 5.74) is 2.09. The molecule has 0 heterocycles. The van der Waals surface area contributed by atoms with Crippen LogP contribution in [0.1, 0.15) is 11.1 Å². The van der Waals surface area contributed by atoms with E-state index in [2.05, 4.69) is 11.9 Å². The van der Waals surface area contributed by atoms with Crippen molar-refractivity contribution in [2.24, 2.45) is 0 Å². The molecule has 0 saturated carbocycles. The number of hydrogen-bond acceptors (Lipinski definition) is 5. The van der Waals surface area contributed by atoms with Gasteiger partial charge in [-0.05, 0) is 23.3 Å². The molecule has 0 spiro atoms. The molecule has 0 amide bonds. The van der Waals surface area contributed by atoms with Gasteiger partial charge in [-0.2, -0.15) is 0 Å². The minimum atomic E-state index is -0.555. The molecule has 26 heavy (non-hydrogen) atoms. The van der Waals surface area contributed by atoms with Crippen molar-refractivity contribution >= 4 is 5.97 Å². The van der Waals surface area contributed by atoms with Gasteiger partial charge in [-0.3, -0.25) is 10.1 Å². The van der Waals surface area contributed by atoms with Gasteiger partial charge < -0.3 is 14.2 Å². The third kappa shape index (κ3) is 6.70. The Kier molecular flexibility index (Phi) is 8.39. The third-order valence-corrected chi connectivity index (χ3v) is 3.74. The standard InChI is InChI=1S/C21H25NO4/c1-3-13-26-21(23)20(16-25-15-18-7-5-4-6-8-18)22-14-17-9-11-19(24-2)12-10-17/h3-12,20,22H,1,13-16H2,2H3/t20-/m1/s1. The SMILES string of the molecule is C=CCOC(=O)[C@@H](COCc1ccccc1)NCc1ccc(OC)cc1. The third-order valence-electron chi connectivity index (χ3n) is 3.74. The number of ether oxygens (including phenoxy) is 3. The number of rotatable bonds is 11. The minimum absolute atomic E-state index is 0.179. The molecule has 0 radical (unpaired) electrons. The summed E-state index contributed by atoms with van der Waals surface area (Å²) >= 11 is 0. The second kappa shape index (κ2) is 11.1. The Hall–Kier alpha value is -2.63. The Labute approximate surface area is 154 Å². The van der Waals surface area contributed by atoms with E-state index in [0.29, 0.717) is 13.2 Å². The van der Waals surface area contributed by atoms with E-state index in [1.165, 1.54) is 0 Å². The molecule has 0 aliphatic heterocycles. The fraction of sp³-hybridized carbons (Fsp3) is 0.286. The van der Waals surface area contributed by atoms with E-state index < -0.39 is 6.04 Å². The van der Waals surface area contributed by atoms with Crippen molar-refractivity contribution in [2.75, 3.05) is 20.3 Å². The Morgan fingerprint density at radius 3 is 2.50 bits per heavy atom. The van der Waals surface area contributed by atoms with Crippen LogP contribution < -0.4 is 10.1 Å². The van der Waals surface area contributed by atoms with Crippen molar-refractivity contribution in [3.05, 3.63) is 78.4 Å². The van der Waals surface area contributed by atoms with E-state index in [9.17, 15) is 4.79 Å². The van der Waals surface area contributed by atoms with Crippen molar-refractivity contribution in [1.82, 2.24) is 5.32 Å². The average Bonchev–Trinajstić information content (AvgIpc) is 2.69. The lowest BCUT2D eigenvalue weighted by Crippen LogP contribution is -2.41. The molecule has 2 aromatic carbocycles. The molecule has 5 nitrogen and oxygen atoms in total. The summed E-state index contributed by atoms with van der Waals surface area (Å²) in [5, 5.41) is 3.19. The molecule has 0 unspecified atom stereocenters. The van der Waals surface area contributed by atoms with Gasteiger partial charge in [0.05, 0.1) is 20.3 Å². The van der Waals surface area contributed by atoms with E-state index in [4.69, 9.17) is 14.2 Å². The number of benzene rings is 2. The molecule has 1 N–H and O–H groups in total. The highest BCUT2D eigenvalue weighted by Gasteiger charge is 2.19. The van der Waals surface area contributed by atoms with E-state index in [-0.39, 0.29) is 19.2 Å². The van der Waals surface area contributed by atoms with Gasteiger partial charge in [0.2, 0.25) is 0 Å². The van der Waals surface area contributed by atoms with Gasteiger partial charge >= 0.3 is 5.97 Å². The number of hydrogen-bond donors (Lipinski definition) is 1. The van der Waals surface area contributed by atoms with Crippen LogP contribution >= 0.6 is 0 Å². The lowest BCUT2D eigenvalue weighted by Gasteiger charge is -2.18. The van der Waals surface area contributed by atoms with Crippen LogP contribution in [0.25, 0.3) is 0 Å². The molecule has 1 atom stereocenters. The minimum Gasteiger partial charge on any atom is -0.497 e. The largest absolute Gasteiger partial charge is 0.497 e. The quantitative estimate of drug-likeness (QED) is 0.496. The maximum absolute atomic E-state index is 12.2. The molecule has 0 bridgehead atoms.